The van der Waals surface area contributed by atoms with Gasteiger partial charge in [0, 0.05) is 5.75 Å². The molecule has 0 saturated carbocycles. The fourth-order valence-electron chi connectivity index (χ4n) is 3.00. The van der Waals surface area contributed by atoms with Crippen molar-refractivity contribution >= 4 is 48.9 Å². The predicted octanol–water partition coefficient (Wildman–Crippen LogP) is -0.0109. The molecule has 1 fully saturated rings. The third-order valence-corrected chi connectivity index (χ3v) is 5.34. The lowest BCUT2D eigenvalue weighted by atomic mass is 9.96. The molecule has 1 heterocycles. The van der Waals surface area contributed by atoms with E-state index in [2.05, 4.69) is 41.2 Å². The van der Waals surface area contributed by atoms with Crippen molar-refractivity contribution in [1.82, 2.24) is 16.0 Å². The van der Waals surface area contributed by atoms with Crippen LogP contribution in [0.5, 0.6) is 0 Å². The average molecular weight is 476 g/mol. The number of aliphatic hydroxyl groups is 1. The van der Waals surface area contributed by atoms with Crippen LogP contribution in [0.2, 0.25) is 0 Å². The second-order valence-corrected chi connectivity index (χ2v) is 8.57. The average Bonchev–Trinajstić information content (AvgIpc) is 2.68. The van der Waals surface area contributed by atoms with Crippen LogP contribution in [0.1, 0.15) is 40.0 Å². The summed E-state index contributed by atoms with van der Waals surface area (Å²) in [6.45, 7) is 5.06. The Kier molecular flexibility index (Phi) is 12.0. The largest absolute Gasteiger partial charge is 0.457 e. The van der Waals surface area contributed by atoms with E-state index in [1.54, 1.807) is 26.0 Å². The molecule has 1 saturated heterocycles. The lowest BCUT2D eigenvalue weighted by molar-refractivity contribution is -0.151. The van der Waals surface area contributed by atoms with E-state index in [0.717, 1.165) is 0 Å². The van der Waals surface area contributed by atoms with Gasteiger partial charge >= 0.3 is 5.97 Å². The molecule has 1 rings (SSSR count). The maximum atomic E-state index is 12.6. The molecular formula is C20H33N3O6S2. The lowest BCUT2D eigenvalue weighted by Gasteiger charge is -2.29. The molecular weight excluding hydrogens is 442 g/mol. The van der Waals surface area contributed by atoms with Gasteiger partial charge in [0.05, 0.1) is 25.0 Å². The summed E-state index contributed by atoms with van der Waals surface area (Å²) < 4.78 is 5.38. The van der Waals surface area contributed by atoms with Crippen LogP contribution < -0.4 is 16.0 Å². The minimum atomic E-state index is -1.22. The van der Waals surface area contributed by atoms with Crippen LogP contribution in [0.15, 0.2) is 12.2 Å². The van der Waals surface area contributed by atoms with E-state index in [9.17, 15) is 24.3 Å². The Morgan fingerprint density at radius 1 is 1.10 bits per heavy atom. The molecule has 0 radical (unpaired) electrons. The van der Waals surface area contributed by atoms with Gasteiger partial charge in [-0.05, 0) is 31.1 Å². The summed E-state index contributed by atoms with van der Waals surface area (Å²) in [6, 6.07) is -2.64. The Balaban J connectivity index is 3.17. The van der Waals surface area contributed by atoms with Crippen molar-refractivity contribution < 1.29 is 29.0 Å². The second-order valence-electron chi connectivity index (χ2n) is 7.76. The van der Waals surface area contributed by atoms with Crippen molar-refractivity contribution in [2.75, 3.05) is 11.5 Å². The van der Waals surface area contributed by atoms with Gasteiger partial charge in [0.2, 0.25) is 17.7 Å². The molecule has 4 N–H and O–H groups in total. The molecule has 0 aromatic heterocycles. The van der Waals surface area contributed by atoms with Crippen LogP contribution in [0.25, 0.3) is 0 Å². The van der Waals surface area contributed by atoms with Crippen LogP contribution in [0.3, 0.4) is 0 Å². The molecule has 0 bridgehead atoms. The van der Waals surface area contributed by atoms with Gasteiger partial charge in [0.1, 0.15) is 18.2 Å². The zero-order chi connectivity index (χ0) is 23.6. The first-order chi connectivity index (χ1) is 14.6. The number of amides is 3. The van der Waals surface area contributed by atoms with Gasteiger partial charge in [-0.2, -0.15) is 25.3 Å². The summed E-state index contributed by atoms with van der Waals surface area (Å²) in [5.41, 5.74) is 0. The maximum Gasteiger partial charge on any atom is 0.309 e. The second kappa shape index (κ2) is 13.6. The van der Waals surface area contributed by atoms with E-state index in [4.69, 9.17) is 4.74 Å². The van der Waals surface area contributed by atoms with Crippen molar-refractivity contribution in [1.29, 1.82) is 0 Å². The summed E-state index contributed by atoms with van der Waals surface area (Å²) in [7, 11) is 0. The van der Waals surface area contributed by atoms with Gasteiger partial charge in [-0.3, -0.25) is 19.2 Å². The highest BCUT2D eigenvalue weighted by atomic mass is 32.1. The van der Waals surface area contributed by atoms with E-state index in [1.165, 1.54) is 6.92 Å². The van der Waals surface area contributed by atoms with Crippen molar-refractivity contribution in [2.45, 2.75) is 70.4 Å². The summed E-state index contributed by atoms with van der Waals surface area (Å²) in [5.74, 6) is -1.91. The van der Waals surface area contributed by atoms with Crippen LogP contribution in [0, 0.1) is 5.92 Å². The first kappa shape index (κ1) is 27.3. The molecule has 176 valence electrons. The quantitative estimate of drug-likeness (QED) is 0.188. The highest BCUT2D eigenvalue weighted by molar-refractivity contribution is 7.80. The standard InChI is InChI=1S/C20H33N3O6S2/c1-11(2)18-15(24)9-17(26)29-13(6-4-5-7-30)8-16(25)21-12(3)19(27)22-14(10-31)20(28)23-18/h4,6,11-15,18,24,30-31H,5,7-10H2,1-3H3,(H,21,25)(H,22,27)(H,23,28)/b6-4+. The van der Waals surface area contributed by atoms with E-state index in [1.807, 2.05) is 0 Å². The Bertz CT molecular complexity index is 673. The minimum absolute atomic E-state index is 0.0131. The van der Waals surface area contributed by atoms with Crippen molar-refractivity contribution in [3.63, 3.8) is 0 Å². The first-order valence-electron chi connectivity index (χ1n) is 10.2. The Morgan fingerprint density at radius 3 is 2.35 bits per heavy atom. The molecule has 0 aromatic carbocycles. The highest BCUT2D eigenvalue weighted by Crippen LogP contribution is 2.13. The number of esters is 1. The SMILES string of the molecule is CC1NC(=O)CC(/C=C/CCS)OC(=O)CC(O)C(C(C)C)NC(=O)C(CS)NC1=O. The number of carbonyl (C=O) groups is 4. The summed E-state index contributed by atoms with van der Waals surface area (Å²) in [5, 5.41) is 18.3. The smallest absolute Gasteiger partial charge is 0.309 e. The van der Waals surface area contributed by atoms with Gasteiger partial charge in [-0.15, -0.1) is 0 Å². The van der Waals surface area contributed by atoms with E-state index in [-0.39, 0.29) is 24.5 Å². The topological polar surface area (TPSA) is 134 Å². The summed E-state index contributed by atoms with van der Waals surface area (Å²) in [6.07, 6.45) is 1.31. The number of carbonyl (C=O) groups excluding carboxylic acids is 4. The summed E-state index contributed by atoms with van der Waals surface area (Å²) >= 11 is 8.23. The minimum Gasteiger partial charge on any atom is -0.457 e. The predicted molar refractivity (Wildman–Crippen MR) is 123 cm³/mol. The van der Waals surface area contributed by atoms with Gasteiger partial charge in [0.15, 0.2) is 0 Å². The zero-order valence-electron chi connectivity index (χ0n) is 18.0. The molecule has 0 aliphatic carbocycles. The lowest BCUT2D eigenvalue weighted by Crippen LogP contribution is -2.57. The molecule has 9 nitrogen and oxygen atoms in total. The third kappa shape index (κ3) is 9.53. The van der Waals surface area contributed by atoms with Gasteiger partial charge in [-0.25, -0.2) is 0 Å². The molecule has 11 heteroatoms. The van der Waals surface area contributed by atoms with Gasteiger partial charge in [0.25, 0.3) is 0 Å². The molecule has 0 spiro atoms. The van der Waals surface area contributed by atoms with Gasteiger partial charge in [-0.1, -0.05) is 19.9 Å². The molecule has 1 aliphatic heterocycles. The number of ether oxygens (including phenoxy) is 1. The Hall–Kier alpha value is -1.72. The van der Waals surface area contributed by atoms with Crippen molar-refractivity contribution in [3.8, 4) is 0 Å². The van der Waals surface area contributed by atoms with Crippen LogP contribution >= 0.6 is 25.3 Å². The molecule has 5 atom stereocenters. The zero-order valence-corrected chi connectivity index (χ0v) is 19.8. The van der Waals surface area contributed by atoms with E-state index in [0.29, 0.717) is 12.2 Å². The van der Waals surface area contributed by atoms with Crippen LogP contribution in [0.4, 0.5) is 0 Å². The Morgan fingerprint density at radius 2 is 1.77 bits per heavy atom. The third-order valence-electron chi connectivity index (χ3n) is 4.72. The maximum absolute atomic E-state index is 12.6. The number of aliphatic hydroxyl groups excluding tert-OH is 1. The van der Waals surface area contributed by atoms with E-state index >= 15 is 0 Å². The number of hydrogen-bond acceptors (Lipinski definition) is 8. The van der Waals surface area contributed by atoms with Crippen LogP contribution in [-0.4, -0.2) is 70.6 Å². The van der Waals surface area contributed by atoms with Gasteiger partial charge < -0.3 is 25.8 Å². The molecule has 0 aromatic rings. The van der Waals surface area contributed by atoms with E-state index < -0.39 is 54.0 Å². The Labute approximate surface area is 193 Å². The highest BCUT2D eigenvalue weighted by Gasteiger charge is 2.32. The van der Waals surface area contributed by atoms with Crippen LogP contribution in [-0.2, 0) is 23.9 Å². The number of cyclic esters (lactones) is 1. The molecule has 1 aliphatic rings. The number of hydrogen-bond donors (Lipinski definition) is 6. The fourth-order valence-corrected chi connectivity index (χ4v) is 3.40. The fraction of sp³-hybridized carbons (Fsp3) is 0.700. The van der Waals surface area contributed by atoms with Crippen molar-refractivity contribution in [3.05, 3.63) is 12.2 Å². The normalized spacial score (nSPS) is 29.6. The number of thiol groups is 2. The molecule has 5 unspecified atom stereocenters. The number of nitrogens with one attached hydrogen (secondary N) is 3. The molecule has 3 amide bonds. The first-order valence-corrected chi connectivity index (χ1v) is 11.5. The summed E-state index contributed by atoms with van der Waals surface area (Å²) in [4.78, 5) is 49.9. The van der Waals surface area contributed by atoms with Crippen molar-refractivity contribution in [2.24, 2.45) is 5.92 Å². The monoisotopic (exact) mass is 475 g/mol. The number of rotatable bonds is 5. The molecule has 31 heavy (non-hydrogen) atoms. The number of allylic oxidation sites excluding steroid dienone is 1.